The fourth-order valence-corrected chi connectivity index (χ4v) is 0.290. The Morgan fingerprint density at radius 1 is 1.44 bits per heavy atom. The predicted molar refractivity (Wildman–Crippen MR) is 19.7 cm³/mol. The van der Waals surface area contributed by atoms with Crippen molar-refractivity contribution in [2.75, 3.05) is 0 Å². The molecule has 0 rings (SSSR count). The molecule has 0 unspecified atom stereocenters. The first kappa shape index (κ1) is 8.71. The van der Waals surface area contributed by atoms with E-state index >= 15 is 0 Å². The second-order valence-electron chi connectivity index (χ2n) is 0.725. The molecule has 0 aromatic rings. The van der Waals surface area contributed by atoms with Crippen LogP contribution in [0.15, 0.2) is 0 Å². The summed E-state index contributed by atoms with van der Waals surface area (Å²) >= 11 is 0. The van der Waals surface area contributed by atoms with E-state index in [1.54, 1.807) is 0 Å². The lowest BCUT2D eigenvalue weighted by atomic mass is 13.3. The summed E-state index contributed by atoms with van der Waals surface area (Å²) in [5.74, 6) is 0. The smallest absolute Gasteiger partial charge is 0.291 e. The second-order valence-corrected chi connectivity index (χ2v) is 1.84. The summed E-state index contributed by atoms with van der Waals surface area (Å²) in [5.41, 5.74) is 0.789. The number of hydrogen-bond donors (Lipinski definition) is 3. The highest BCUT2D eigenvalue weighted by Crippen LogP contribution is 1.89. The molecule has 0 bridgehead atoms. The van der Waals surface area contributed by atoms with Gasteiger partial charge in [0.15, 0.2) is 0 Å². The molecule has 9 heteroatoms. The summed E-state index contributed by atoms with van der Waals surface area (Å²) in [6.45, 7) is 0. The van der Waals surface area contributed by atoms with Crippen molar-refractivity contribution in [1.29, 1.82) is 0 Å². The normalized spacial score (nSPS) is 11.8. The molecule has 0 aliphatic rings. The summed E-state index contributed by atoms with van der Waals surface area (Å²) in [7, 11) is -4.52. The van der Waals surface area contributed by atoms with Gasteiger partial charge in [0.2, 0.25) is 0 Å². The second kappa shape index (κ2) is 3.68. The summed E-state index contributed by atoms with van der Waals surface area (Å²) in [4.78, 5) is 0. The number of nitrogens with one attached hydrogen (secondary N) is 1. The molecule has 3 N–H and O–H groups in total. The van der Waals surface area contributed by atoms with Gasteiger partial charge < -0.3 is 0 Å². The van der Waals surface area contributed by atoms with Crippen molar-refractivity contribution in [3.63, 3.8) is 0 Å². The van der Waals surface area contributed by atoms with Gasteiger partial charge in [-0.1, -0.05) is 15.0 Å². The molecule has 8 nitrogen and oxygen atoms in total. The van der Waals surface area contributed by atoms with Crippen LogP contribution in [-0.2, 0) is 24.1 Å². The lowest BCUT2D eigenvalue weighted by molar-refractivity contribution is -0.441. The minimum atomic E-state index is -4.52. The van der Waals surface area contributed by atoms with E-state index in [2.05, 4.69) is 13.7 Å². The Bertz CT molecular complexity index is 132. The fourth-order valence-electron chi connectivity index (χ4n) is 0.0968. The third-order valence-electron chi connectivity index (χ3n) is 0.253. The van der Waals surface area contributed by atoms with Crippen LogP contribution in [0.25, 0.3) is 0 Å². The van der Waals surface area contributed by atoms with E-state index < -0.39 is 10.4 Å². The Balaban J connectivity index is 3.73. The Morgan fingerprint density at radius 3 is 2.33 bits per heavy atom. The number of hydrogen-bond acceptors (Lipinski definition) is 8. The van der Waals surface area contributed by atoms with Gasteiger partial charge in [-0.25, -0.2) is 5.26 Å². The predicted octanol–water partition coefficient (Wildman–Crippen LogP) is -1.44. The van der Waals surface area contributed by atoms with E-state index in [4.69, 9.17) is 10.5 Å². The van der Waals surface area contributed by atoms with Crippen LogP contribution in [0.5, 0.6) is 0 Å². The molecule has 0 fully saturated rings. The minimum Gasteiger partial charge on any atom is -0.291 e. The maximum absolute atomic E-state index is 9.88. The third-order valence-corrected chi connectivity index (χ3v) is 0.759. The average Bonchev–Trinajstić information content (AvgIpc) is 1.64. The van der Waals surface area contributed by atoms with E-state index in [0.717, 1.165) is 5.64 Å². The Labute approximate surface area is 49.7 Å². The van der Waals surface area contributed by atoms with Crippen LogP contribution >= 0.6 is 0 Å². The van der Waals surface area contributed by atoms with Crippen LogP contribution in [0, 0.1) is 0 Å². The van der Waals surface area contributed by atoms with Gasteiger partial charge in [0, 0.05) is 0 Å². The summed E-state index contributed by atoms with van der Waals surface area (Å²) in [6, 6.07) is 0. The molecule has 0 aliphatic heterocycles. The summed E-state index contributed by atoms with van der Waals surface area (Å²) in [6.07, 6.45) is 0. The van der Waals surface area contributed by atoms with Crippen molar-refractivity contribution in [2.24, 2.45) is 0 Å². The van der Waals surface area contributed by atoms with Gasteiger partial charge in [-0.2, -0.15) is 8.42 Å². The summed E-state index contributed by atoms with van der Waals surface area (Å²) in [5, 5.41) is 17.6. The van der Waals surface area contributed by atoms with E-state index in [0.29, 0.717) is 0 Å². The van der Waals surface area contributed by atoms with Crippen LogP contribution in [0.1, 0.15) is 0 Å². The first-order valence-electron chi connectivity index (χ1n) is 1.44. The highest BCUT2D eigenvalue weighted by molar-refractivity contribution is 7.81. The van der Waals surface area contributed by atoms with Crippen LogP contribution < -0.4 is 5.64 Å². The van der Waals surface area contributed by atoms with Crippen molar-refractivity contribution in [1.82, 2.24) is 5.64 Å². The van der Waals surface area contributed by atoms with Crippen molar-refractivity contribution >= 4 is 10.4 Å². The van der Waals surface area contributed by atoms with Crippen LogP contribution in [0.2, 0.25) is 0 Å². The molecule has 0 spiro atoms. The molecule has 0 saturated heterocycles. The molecule has 0 heterocycles. The zero-order valence-corrected chi connectivity index (χ0v) is 4.66. The Morgan fingerprint density at radius 2 is 2.00 bits per heavy atom. The van der Waals surface area contributed by atoms with Gasteiger partial charge in [-0.15, -0.1) is 4.28 Å². The van der Waals surface area contributed by atoms with E-state index in [-0.39, 0.29) is 0 Å². The van der Waals surface area contributed by atoms with Crippen LogP contribution in [0.3, 0.4) is 0 Å². The molecule has 0 atom stereocenters. The standard InChI is InChI=1S/H3NO7S/c2-1-6-9(4,5)8-7-3/h1-3H. The van der Waals surface area contributed by atoms with Gasteiger partial charge in [0.25, 0.3) is 0 Å². The van der Waals surface area contributed by atoms with Crippen LogP contribution in [-0.4, -0.2) is 18.9 Å². The van der Waals surface area contributed by atoms with Gasteiger partial charge in [-0.05, 0) is 0 Å². The maximum Gasteiger partial charge on any atom is 0.446 e. The average molecular weight is 161 g/mol. The Hall–Kier alpha value is -0.290. The van der Waals surface area contributed by atoms with Crippen LogP contribution in [0.4, 0.5) is 0 Å². The van der Waals surface area contributed by atoms with Gasteiger partial charge >= 0.3 is 10.4 Å². The van der Waals surface area contributed by atoms with Crippen molar-refractivity contribution < 1.29 is 32.5 Å². The quantitative estimate of drug-likeness (QED) is 0.339. The molecular weight excluding hydrogens is 158 g/mol. The third kappa shape index (κ3) is 4.23. The molecular formula is H3NO7S. The topological polar surface area (TPSA) is 114 Å². The van der Waals surface area contributed by atoms with E-state index in [9.17, 15) is 8.42 Å². The molecule has 0 aromatic carbocycles. The SMILES string of the molecule is O=S(=O)(ONO)OOO. The minimum absolute atomic E-state index is 0.789. The lowest BCUT2D eigenvalue weighted by Crippen LogP contribution is -2.18. The Kier molecular flexibility index (Phi) is 3.56. The van der Waals surface area contributed by atoms with Gasteiger partial charge in [0.1, 0.15) is 0 Å². The number of rotatable bonds is 4. The fraction of sp³-hybridized carbons (Fsp3) is 0. The molecule has 0 amide bonds. The monoisotopic (exact) mass is 161 g/mol. The van der Waals surface area contributed by atoms with Crippen molar-refractivity contribution in [3.05, 3.63) is 0 Å². The largest absolute Gasteiger partial charge is 0.446 e. The van der Waals surface area contributed by atoms with Gasteiger partial charge in [-0.3, -0.25) is 5.21 Å². The highest BCUT2D eigenvalue weighted by Gasteiger charge is 2.12. The summed E-state index contributed by atoms with van der Waals surface area (Å²) < 4.78 is 26.1. The van der Waals surface area contributed by atoms with Crippen molar-refractivity contribution in [2.45, 2.75) is 0 Å². The highest BCUT2D eigenvalue weighted by atomic mass is 32.3. The molecule has 0 aliphatic carbocycles. The molecule has 0 aromatic heterocycles. The van der Waals surface area contributed by atoms with Crippen molar-refractivity contribution in [3.8, 4) is 0 Å². The molecule has 9 heavy (non-hydrogen) atoms. The maximum atomic E-state index is 9.88. The zero-order valence-electron chi connectivity index (χ0n) is 3.84. The first-order valence-corrected chi connectivity index (χ1v) is 2.78. The molecule has 0 radical (unpaired) electrons. The van der Waals surface area contributed by atoms with Gasteiger partial charge in [0.05, 0.1) is 0 Å². The van der Waals surface area contributed by atoms with E-state index in [1.165, 1.54) is 0 Å². The zero-order chi connectivity index (χ0) is 7.33. The lowest BCUT2D eigenvalue weighted by Gasteiger charge is -1.95. The van der Waals surface area contributed by atoms with E-state index in [1.807, 2.05) is 0 Å². The first-order chi connectivity index (χ1) is 4.12. The molecule has 56 valence electrons. The molecule has 0 saturated carbocycles.